The normalized spacial score (nSPS) is 25.2. The van der Waals surface area contributed by atoms with E-state index in [9.17, 15) is 0 Å². The molecule has 2 bridgehead atoms. The maximum atomic E-state index is 4.54. The predicted octanol–water partition coefficient (Wildman–Crippen LogP) is 2.82. The van der Waals surface area contributed by atoms with Crippen molar-refractivity contribution in [3.8, 4) is 11.3 Å². The Morgan fingerprint density at radius 2 is 1.73 bits per heavy atom. The predicted molar refractivity (Wildman–Crippen MR) is 88.9 cm³/mol. The molecular formula is C18H22N4. The molecule has 0 radical (unpaired) electrons. The molecule has 0 spiro atoms. The Morgan fingerprint density at radius 1 is 0.909 bits per heavy atom. The zero-order valence-corrected chi connectivity index (χ0v) is 13.0. The first-order chi connectivity index (χ1) is 10.8. The summed E-state index contributed by atoms with van der Waals surface area (Å²) >= 11 is 0. The first-order valence-electron chi connectivity index (χ1n) is 8.17. The summed E-state index contributed by atoms with van der Waals surface area (Å²) < 4.78 is 0. The number of hydrogen-bond acceptors (Lipinski definition) is 4. The van der Waals surface area contributed by atoms with Crippen LogP contribution in [-0.4, -0.2) is 47.3 Å². The van der Waals surface area contributed by atoms with Crippen LogP contribution in [0.25, 0.3) is 11.3 Å². The molecule has 2 saturated heterocycles. The van der Waals surface area contributed by atoms with Gasteiger partial charge in [-0.1, -0.05) is 30.3 Å². The maximum Gasteiger partial charge on any atom is 0.151 e. The van der Waals surface area contributed by atoms with Gasteiger partial charge >= 0.3 is 0 Å². The standard InChI is InChI=1S/C18H22N4/c1-21-12-11-15-7-8-16(13-21)22(15)18-10-9-17(19-20-18)14-5-3-2-4-6-14/h2-6,9-10,15-16H,7-8,11-13H2,1H3. The smallest absolute Gasteiger partial charge is 0.151 e. The molecule has 4 rings (SSSR count). The molecule has 4 nitrogen and oxygen atoms in total. The molecule has 3 heterocycles. The van der Waals surface area contributed by atoms with Gasteiger partial charge in [-0.2, -0.15) is 0 Å². The van der Waals surface area contributed by atoms with Gasteiger partial charge in [0.25, 0.3) is 0 Å². The fourth-order valence-electron chi connectivity index (χ4n) is 3.84. The number of aromatic nitrogens is 2. The van der Waals surface area contributed by atoms with E-state index in [1.807, 2.05) is 18.2 Å². The lowest BCUT2D eigenvalue weighted by Crippen LogP contribution is -2.39. The van der Waals surface area contributed by atoms with Gasteiger partial charge in [0.2, 0.25) is 0 Å². The van der Waals surface area contributed by atoms with E-state index in [4.69, 9.17) is 0 Å². The minimum Gasteiger partial charge on any atom is -0.348 e. The van der Waals surface area contributed by atoms with E-state index >= 15 is 0 Å². The monoisotopic (exact) mass is 294 g/mol. The highest BCUT2D eigenvalue weighted by molar-refractivity contribution is 5.59. The summed E-state index contributed by atoms with van der Waals surface area (Å²) in [6, 6.07) is 15.7. The van der Waals surface area contributed by atoms with E-state index in [1.54, 1.807) is 0 Å². The molecule has 0 amide bonds. The van der Waals surface area contributed by atoms with Crippen LogP contribution in [0.3, 0.4) is 0 Å². The van der Waals surface area contributed by atoms with Crippen LogP contribution < -0.4 is 4.90 Å². The van der Waals surface area contributed by atoms with Gasteiger partial charge in [0.05, 0.1) is 5.69 Å². The molecule has 2 aliphatic rings. The number of nitrogens with zero attached hydrogens (tertiary/aromatic N) is 4. The number of likely N-dealkylation sites (N-methyl/N-ethyl adjacent to an activating group) is 1. The Kier molecular flexibility index (Phi) is 3.54. The lowest BCUT2D eigenvalue weighted by molar-refractivity contribution is 0.315. The van der Waals surface area contributed by atoms with Gasteiger partial charge in [0, 0.05) is 24.2 Å². The molecular weight excluding hydrogens is 272 g/mol. The van der Waals surface area contributed by atoms with Crippen molar-refractivity contribution in [2.24, 2.45) is 0 Å². The Labute approximate surface area is 131 Å². The van der Waals surface area contributed by atoms with Gasteiger partial charge in [-0.05, 0) is 45.0 Å². The van der Waals surface area contributed by atoms with E-state index in [0.29, 0.717) is 12.1 Å². The molecule has 2 aliphatic heterocycles. The molecule has 2 fully saturated rings. The summed E-state index contributed by atoms with van der Waals surface area (Å²) in [5.74, 6) is 1.04. The first-order valence-corrected chi connectivity index (χ1v) is 8.17. The Bertz CT molecular complexity index is 625. The highest BCUT2D eigenvalue weighted by atomic mass is 15.3. The molecule has 0 saturated carbocycles. The summed E-state index contributed by atoms with van der Waals surface area (Å²) in [5, 5.41) is 9.01. The molecule has 0 N–H and O–H groups in total. The van der Waals surface area contributed by atoms with Gasteiger partial charge < -0.3 is 9.80 Å². The second kappa shape index (κ2) is 5.69. The highest BCUT2D eigenvalue weighted by Gasteiger charge is 2.37. The number of anilines is 1. The lowest BCUT2D eigenvalue weighted by Gasteiger charge is -2.29. The topological polar surface area (TPSA) is 32.3 Å². The largest absolute Gasteiger partial charge is 0.348 e. The third kappa shape index (κ3) is 2.48. The fraction of sp³-hybridized carbons (Fsp3) is 0.444. The summed E-state index contributed by atoms with van der Waals surface area (Å²) in [6.45, 7) is 2.33. The van der Waals surface area contributed by atoms with Crippen molar-refractivity contribution in [3.05, 3.63) is 42.5 Å². The molecule has 22 heavy (non-hydrogen) atoms. The summed E-state index contributed by atoms with van der Waals surface area (Å²) in [6.07, 6.45) is 3.80. The Morgan fingerprint density at radius 3 is 2.50 bits per heavy atom. The number of rotatable bonds is 2. The van der Waals surface area contributed by atoms with E-state index < -0.39 is 0 Å². The summed E-state index contributed by atoms with van der Waals surface area (Å²) in [4.78, 5) is 4.97. The van der Waals surface area contributed by atoms with E-state index in [1.165, 1.54) is 25.8 Å². The van der Waals surface area contributed by atoms with Crippen LogP contribution in [0.2, 0.25) is 0 Å². The van der Waals surface area contributed by atoms with Gasteiger partial charge in [-0.15, -0.1) is 10.2 Å². The van der Waals surface area contributed by atoms with Crippen molar-refractivity contribution in [1.29, 1.82) is 0 Å². The van der Waals surface area contributed by atoms with Crippen LogP contribution in [0.4, 0.5) is 5.82 Å². The zero-order valence-electron chi connectivity index (χ0n) is 13.0. The van der Waals surface area contributed by atoms with Crippen LogP contribution in [0, 0.1) is 0 Å². The van der Waals surface area contributed by atoms with E-state index in [2.05, 4.69) is 51.3 Å². The van der Waals surface area contributed by atoms with Gasteiger partial charge in [0.1, 0.15) is 0 Å². The van der Waals surface area contributed by atoms with Crippen LogP contribution in [0.1, 0.15) is 19.3 Å². The number of benzene rings is 1. The van der Waals surface area contributed by atoms with Crippen molar-refractivity contribution in [3.63, 3.8) is 0 Å². The fourth-order valence-corrected chi connectivity index (χ4v) is 3.84. The lowest BCUT2D eigenvalue weighted by atomic mass is 10.1. The number of hydrogen-bond donors (Lipinski definition) is 0. The van der Waals surface area contributed by atoms with Crippen molar-refractivity contribution < 1.29 is 0 Å². The molecule has 0 aliphatic carbocycles. The molecule has 1 aromatic carbocycles. The summed E-state index contributed by atoms with van der Waals surface area (Å²) in [5.41, 5.74) is 2.07. The Hall–Kier alpha value is -1.94. The third-order valence-electron chi connectivity index (χ3n) is 4.97. The molecule has 2 unspecified atom stereocenters. The van der Waals surface area contributed by atoms with Gasteiger partial charge in [-0.3, -0.25) is 0 Å². The van der Waals surface area contributed by atoms with Crippen LogP contribution in [0.15, 0.2) is 42.5 Å². The average Bonchev–Trinajstić information content (AvgIpc) is 2.87. The average molecular weight is 294 g/mol. The van der Waals surface area contributed by atoms with E-state index in [-0.39, 0.29) is 0 Å². The SMILES string of the molecule is CN1CCC2CCC(C1)N2c1ccc(-c2ccccc2)nn1. The molecule has 1 aromatic heterocycles. The van der Waals surface area contributed by atoms with Gasteiger partial charge in [-0.25, -0.2) is 0 Å². The molecule has 2 aromatic rings. The molecule has 2 atom stereocenters. The number of likely N-dealkylation sites (tertiary alicyclic amines) is 1. The van der Waals surface area contributed by atoms with Gasteiger partial charge in [0.15, 0.2) is 5.82 Å². The van der Waals surface area contributed by atoms with Crippen LogP contribution >= 0.6 is 0 Å². The minimum atomic E-state index is 0.592. The second-order valence-corrected chi connectivity index (χ2v) is 6.49. The third-order valence-corrected chi connectivity index (χ3v) is 4.97. The highest BCUT2D eigenvalue weighted by Crippen LogP contribution is 2.33. The van der Waals surface area contributed by atoms with Crippen molar-refractivity contribution >= 4 is 5.82 Å². The maximum absolute atomic E-state index is 4.54. The minimum absolute atomic E-state index is 0.592. The summed E-state index contributed by atoms with van der Waals surface area (Å²) in [7, 11) is 2.23. The van der Waals surface area contributed by atoms with Crippen molar-refractivity contribution in [2.75, 3.05) is 25.0 Å². The number of fused-ring (bicyclic) bond motifs is 2. The zero-order chi connectivity index (χ0) is 14.9. The Balaban J connectivity index is 1.61. The van der Waals surface area contributed by atoms with Crippen molar-refractivity contribution in [1.82, 2.24) is 15.1 Å². The molecule has 4 heteroatoms. The van der Waals surface area contributed by atoms with E-state index in [0.717, 1.165) is 23.6 Å². The molecule has 114 valence electrons. The van der Waals surface area contributed by atoms with Crippen LogP contribution in [-0.2, 0) is 0 Å². The quantitative estimate of drug-likeness (QED) is 0.852. The van der Waals surface area contributed by atoms with Crippen LogP contribution in [0.5, 0.6) is 0 Å². The first kappa shape index (κ1) is 13.7. The van der Waals surface area contributed by atoms with Crippen molar-refractivity contribution in [2.45, 2.75) is 31.3 Å². The second-order valence-electron chi connectivity index (χ2n) is 6.49.